The second-order valence-corrected chi connectivity index (χ2v) is 7.91. The van der Waals surface area contributed by atoms with Crippen molar-refractivity contribution in [1.29, 1.82) is 0 Å². The van der Waals surface area contributed by atoms with Gasteiger partial charge in [0.1, 0.15) is 11.9 Å². The molecule has 0 amide bonds. The third-order valence-corrected chi connectivity index (χ3v) is 5.12. The van der Waals surface area contributed by atoms with Gasteiger partial charge in [-0.25, -0.2) is 0 Å². The Morgan fingerprint density at radius 1 is 1.09 bits per heavy atom. The standard InChI is InChI=1S/C21H24ClNO9/c1-10(25)28-18-17(9-24)32-21(4,20(30-12(3)27)19(18)29-11(2)26)31-16-8-23-15-7-13(22)5-6-14(15)16/h5-8,17-20,23-24H,9H2,1-4H3/t17-,18-,19+,20-,21-/m1/s1. The maximum Gasteiger partial charge on any atom is 0.303 e. The molecule has 0 unspecified atom stereocenters. The average molecular weight is 470 g/mol. The zero-order valence-electron chi connectivity index (χ0n) is 17.9. The topological polar surface area (TPSA) is 133 Å². The number of aliphatic hydroxyl groups excluding tert-OH is 1. The Bertz CT molecular complexity index is 1020. The van der Waals surface area contributed by atoms with E-state index in [2.05, 4.69) is 4.98 Å². The molecule has 1 fully saturated rings. The minimum atomic E-state index is -1.73. The molecule has 1 saturated heterocycles. The van der Waals surface area contributed by atoms with Gasteiger partial charge in [-0.15, -0.1) is 0 Å². The van der Waals surface area contributed by atoms with Crippen molar-refractivity contribution in [3.05, 3.63) is 29.4 Å². The molecular weight excluding hydrogens is 446 g/mol. The van der Waals surface area contributed by atoms with Crippen molar-refractivity contribution in [3.8, 4) is 5.75 Å². The lowest BCUT2D eigenvalue weighted by Gasteiger charge is -2.48. The molecule has 32 heavy (non-hydrogen) atoms. The maximum atomic E-state index is 11.9. The molecule has 1 aliphatic heterocycles. The van der Waals surface area contributed by atoms with Crippen molar-refractivity contribution >= 4 is 40.4 Å². The predicted molar refractivity (Wildman–Crippen MR) is 111 cm³/mol. The molecule has 2 N–H and O–H groups in total. The van der Waals surface area contributed by atoms with Gasteiger partial charge in [0.25, 0.3) is 0 Å². The Kier molecular flexibility index (Phi) is 6.97. The van der Waals surface area contributed by atoms with Gasteiger partial charge in [-0.3, -0.25) is 14.4 Å². The van der Waals surface area contributed by atoms with Crippen molar-refractivity contribution in [3.63, 3.8) is 0 Å². The molecule has 1 aliphatic rings. The highest BCUT2D eigenvalue weighted by atomic mass is 35.5. The molecule has 0 radical (unpaired) electrons. The van der Waals surface area contributed by atoms with Crippen LogP contribution in [0.3, 0.4) is 0 Å². The van der Waals surface area contributed by atoms with E-state index >= 15 is 0 Å². The summed E-state index contributed by atoms with van der Waals surface area (Å²) >= 11 is 6.03. The van der Waals surface area contributed by atoms with Crippen LogP contribution >= 0.6 is 11.6 Å². The highest BCUT2D eigenvalue weighted by Crippen LogP contribution is 2.39. The summed E-state index contributed by atoms with van der Waals surface area (Å²) in [6.45, 7) is 4.35. The van der Waals surface area contributed by atoms with Gasteiger partial charge in [-0.2, -0.15) is 0 Å². The predicted octanol–water partition coefficient (Wildman–Crippen LogP) is 2.10. The number of benzene rings is 1. The highest BCUT2D eigenvalue weighted by molar-refractivity contribution is 6.31. The number of carbonyl (C=O) groups is 3. The molecule has 3 rings (SSSR count). The molecular formula is C21H24ClNO9. The summed E-state index contributed by atoms with van der Waals surface area (Å²) in [6.07, 6.45) is -3.47. The van der Waals surface area contributed by atoms with Crippen LogP contribution in [0.2, 0.25) is 5.02 Å². The minimum absolute atomic E-state index is 0.334. The number of H-pyrrole nitrogens is 1. The summed E-state index contributed by atoms with van der Waals surface area (Å²) in [5, 5.41) is 11.1. The molecule has 0 bridgehead atoms. The summed E-state index contributed by atoms with van der Waals surface area (Å²) in [4.78, 5) is 38.4. The van der Waals surface area contributed by atoms with Gasteiger partial charge in [-0.1, -0.05) is 11.6 Å². The Labute approximate surface area is 188 Å². The van der Waals surface area contributed by atoms with Crippen LogP contribution in [0.15, 0.2) is 24.4 Å². The van der Waals surface area contributed by atoms with Crippen molar-refractivity contribution in [2.75, 3.05) is 6.61 Å². The fourth-order valence-electron chi connectivity index (χ4n) is 3.72. The Balaban J connectivity index is 2.06. The lowest BCUT2D eigenvalue weighted by molar-refractivity contribution is -0.333. The molecule has 0 saturated carbocycles. The van der Waals surface area contributed by atoms with Crippen molar-refractivity contribution in [1.82, 2.24) is 4.98 Å². The number of rotatable bonds is 6. The number of fused-ring (bicyclic) bond motifs is 1. The number of aliphatic hydroxyl groups is 1. The third kappa shape index (κ3) is 4.98. The van der Waals surface area contributed by atoms with E-state index in [1.54, 1.807) is 24.4 Å². The normalized spacial score (nSPS) is 27.6. The number of esters is 3. The number of nitrogens with one attached hydrogen (secondary N) is 1. The van der Waals surface area contributed by atoms with Crippen molar-refractivity contribution in [2.24, 2.45) is 0 Å². The first-order valence-electron chi connectivity index (χ1n) is 9.80. The fourth-order valence-corrected chi connectivity index (χ4v) is 3.89. The molecule has 174 valence electrons. The first kappa shape index (κ1) is 23.8. The maximum absolute atomic E-state index is 11.9. The molecule has 2 heterocycles. The van der Waals surface area contributed by atoms with E-state index in [0.717, 1.165) is 20.8 Å². The van der Waals surface area contributed by atoms with Crippen LogP contribution in [0.5, 0.6) is 5.75 Å². The van der Waals surface area contributed by atoms with Crippen molar-refractivity contribution < 1.29 is 43.2 Å². The van der Waals surface area contributed by atoms with Gasteiger partial charge in [-0.05, 0) is 18.2 Å². The summed E-state index contributed by atoms with van der Waals surface area (Å²) in [5.41, 5.74) is 0.684. The second-order valence-electron chi connectivity index (χ2n) is 7.48. The molecule has 2 aromatic rings. The number of hydrogen-bond donors (Lipinski definition) is 2. The summed E-state index contributed by atoms with van der Waals surface area (Å²) in [7, 11) is 0. The largest absolute Gasteiger partial charge is 0.456 e. The van der Waals surface area contributed by atoms with E-state index < -0.39 is 54.7 Å². The van der Waals surface area contributed by atoms with E-state index in [9.17, 15) is 19.5 Å². The molecule has 0 aliphatic carbocycles. The lowest BCUT2D eigenvalue weighted by Crippen LogP contribution is -2.68. The molecule has 1 aromatic carbocycles. The quantitative estimate of drug-likeness (QED) is 0.481. The fraction of sp³-hybridized carbons (Fsp3) is 0.476. The molecule has 1 aromatic heterocycles. The zero-order chi connectivity index (χ0) is 23.6. The third-order valence-electron chi connectivity index (χ3n) is 4.89. The number of aromatic nitrogens is 1. The lowest BCUT2D eigenvalue weighted by atomic mass is 9.92. The van der Waals surface area contributed by atoms with Gasteiger partial charge < -0.3 is 33.8 Å². The monoisotopic (exact) mass is 469 g/mol. The average Bonchev–Trinajstić information content (AvgIpc) is 3.07. The first-order chi connectivity index (χ1) is 15.0. The SMILES string of the molecule is CC(=O)O[C@H]1[C@H](OC(C)=O)[C@@H](CO)O[C@@](C)(Oc2c[nH]c3cc(Cl)ccc23)[C@@H]1OC(C)=O. The second kappa shape index (κ2) is 9.35. The molecule has 10 nitrogen and oxygen atoms in total. The number of ether oxygens (including phenoxy) is 5. The Morgan fingerprint density at radius 2 is 1.72 bits per heavy atom. The van der Waals surface area contributed by atoms with Crippen molar-refractivity contribution in [2.45, 2.75) is 57.9 Å². The van der Waals surface area contributed by atoms with E-state index in [1.165, 1.54) is 6.92 Å². The van der Waals surface area contributed by atoms with Crippen LogP contribution < -0.4 is 4.74 Å². The number of aromatic amines is 1. The van der Waals surface area contributed by atoms with E-state index in [1.807, 2.05) is 0 Å². The summed E-state index contributed by atoms with van der Waals surface area (Å²) < 4.78 is 28.2. The van der Waals surface area contributed by atoms with Crippen LogP contribution in [0, 0.1) is 0 Å². The van der Waals surface area contributed by atoms with Gasteiger partial charge in [0.05, 0.1) is 12.1 Å². The van der Waals surface area contributed by atoms with Crippen LogP contribution in [0.4, 0.5) is 0 Å². The Morgan fingerprint density at radius 3 is 2.31 bits per heavy atom. The van der Waals surface area contributed by atoms with Gasteiger partial charge >= 0.3 is 17.9 Å². The van der Waals surface area contributed by atoms with E-state index in [4.69, 9.17) is 35.3 Å². The summed E-state index contributed by atoms with van der Waals surface area (Å²) in [5.74, 6) is -3.52. The Hall–Kier alpha value is -2.82. The van der Waals surface area contributed by atoms with Crippen LogP contribution in [0.1, 0.15) is 27.7 Å². The zero-order valence-corrected chi connectivity index (χ0v) is 18.7. The van der Waals surface area contributed by atoms with Crippen LogP contribution in [-0.2, 0) is 33.3 Å². The smallest absolute Gasteiger partial charge is 0.303 e. The molecule has 0 spiro atoms. The van der Waals surface area contributed by atoms with E-state index in [0.29, 0.717) is 21.7 Å². The highest BCUT2D eigenvalue weighted by Gasteiger charge is 2.59. The summed E-state index contributed by atoms with van der Waals surface area (Å²) in [6, 6.07) is 5.10. The van der Waals surface area contributed by atoms with Crippen LogP contribution in [-0.4, -0.2) is 64.8 Å². The van der Waals surface area contributed by atoms with Gasteiger partial charge in [0, 0.05) is 44.3 Å². The van der Waals surface area contributed by atoms with Crippen LogP contribution in [0.25, 0.3) is 10.9 Å². The van der Waals surface area contributed by atoms with Gasteiger partial charge in [0.2, 0.25) is 11.9 Å². The van der Waals surface area contributed by atoms with Gasteiger partial charge in [0.15, 0.2) is 12.2 Å². The number of carbonyl (C=O) groups excluding carboxylic acids is 3. The minimum Gasteiger partial charge on any atom is -0.456 e. The first-order valence-corrected chi connectivity index (χ1v) is 10.2. The number of halogens is 1. The number of hydrogen-bond acceptors (Lipinski definition) is 9. The van der Waals surface area contributed by atoms with E-state index in [-0.39, 0.29) is 0 Å². The molecule has 5 atom stereocenters. The molecule has 11 heteroatoms.